The third-order valence-electron chi connectivity index (χ3n) is 3.48. The third-order valence-corrected chi connectivity index (χ3v) is 3.48. The normalized spacial score (nSPS) is 50.7. The summed E-state index contributed by atoms with van der Waals surface area (Å²) in [6.07, 6.45) is 10.8. The highest BCUT2D eigenvalue weighted by atomic mass is 14.5. The lowest BCUT2D eigenvalue weighted by Gasteiger charge is -2.20. The molecule has 4 atom stereocenters. The van der Waals surface area contributed by atoms with Crippen LogP contribution in [-0.4, -0.2) is 0 Å². The fraction of sp³-hybridized carbons (Fsp3) is 0.455. The minimum Gasteiger partial charge on any atom is -0.0955 e. The first-order valence-corrected chi connectivity index (χ1v) is 4.41. The van der Waals surface area contributed by atoms with Crippen molar-refractivity contribution in [2.24, 2.45) is 23.7 Å². The van der Waals surface area contributed by atoms with Crippen LogP contribution < -0.4 is 0 Å². The summed E-state index contributed by atoms with van der Waals surface area (Å²) in [4.78, 5) is 0. The molecule has 0 nitrogen and oxygen atoms in total. The van der Waals surface area contributed by atoms with E-state index in [9.17, 15) is 0 Å². The predicted molar refractivity (Wildman–Crippen MR) is 46.0 cm³/mol. The van der Waals surface area contributed by atoms with Crippen LogP contribution in [-0.2, 0) is 0 Å². The van der Waals surface area contributed by atoms with Gasteiger partial charge in [0.25, 0.3) is 0 Å². The maximum atomic E-state index is 4.09. The van der Waals surface area contributed by atoms with Crippen molar-refractivity contribution in [1.29, 1.82) is 0 Å². The zero-order chi connectivity index (χ0) is 7.42. The van der Waals surface area contributed by atoms with Gasteiger partial charge in [-0.3, -0.25) is 0 Å². The van der Waals surface area contributed by atoms with Crippen LogP contribution in [0.3, 0.4) is 0 Å². The molecule has 56 valence electrons. The number of fused-ring (bicyclic) bond motifs is 5. The van der Waals surface area contributed by atoms with Crippen molar-refractivity contribution >= 4 is 0 Å². The molecule has 2 bridgehead atoms. The minimum absolute atomic E-state index is 0.782. The van der Waals surface area contributed by atoms with Crippen LogP contribution in [0.1, 0.15) is 6.42 Å². The molecule has 3 aliphatic carbocycles. The van der Waals surface area contributed by atoms with E-state index in [1.165, 1.54) is 12.0 Å². The first-order chi connectivity index (χ1) is 5.36. The van der Waals surface area contributed by atoms with Gasteiger partial charge >= 0.3 is 0 Å². The highest BCUT2D eigenvalue weighted by Crippen LogP contribution is 2.54. The molecule has 0 aromatic rings. The van der Waals surface area contributed by atoms with Gasteiger partial charge in [-0.1, -0.05) is 36.5 Å². The molecule has 0 saturated heterocycles. The zero-order valence-electron chi connectivity index (χ0n) is 6.53. The smallest absolute Gasteiger partial charge is 0.00361 e. The summed E-state index contributed by atoms with van der Waals surface area (Å²) in [5, 5.41) is 0. The lowest BCUT2D eigenvalue weighted by molar-refractivity contribution is 0.453. The molecule has 0 heterocycles. The SMILES string of the molecule is C=C1C=C[C@H]2[C@@H]1[C@H]1C=C[C@@H]2C1. The summed E-state index contributed by atoms with van der Waals surface area (Å²) in [5.74, 6) is 3.27. The summed E-state index contributed by atoms with van der Waals surface area (Å²) < 4.78 is 0. The van der Waals surface area contributed by atoms with Crippen LogP contribution in [0.5, 0.6) is 0 Å². The Hall–Kier alpha value is -0.780. The molecule has 0 aliphatic heterocycles. The zero-order valence-corrected chi connectivity index (χ0v) is 6.53. The number of allylic oxidation sites excluding steroid dienone is 5. The Morgan fingerprint density at radius 3 is 2.82 bits per heavy atom. The average molecular weight is 144 g/mol. The average Bonchev–Trinajstić information content (AvgIpc) is 2.60. The van der Waals surface area contributed by atoms with Crippen molar-refractivity contribution < 1.29 is 0 Å². The summed E-state index contributed by atoms with van der Waals surface area (Å²) >= 11 is 0. The highest BCUT2D eigenvalue weighted by Gasteiger charge is 2.45. The van der Waals surface area contributed by atoms with Gasteiger partial charge in [-0.2, -0.15) is 0 Å². The van der Waals surface area contributed by atoms with Gasteiger partial charge in [0, 0.05) is 0 Å². The molecule has 3 aliphatic rings. The molecule has 0 amide bonds. The van der Waals surface area contributed by atoms with E-state index in [4.69, 9.17) is 0 Å². The molecule has 0 radical (unpaired) electrons. The quantitative estimate of drug-likeness (QED) is 0.458. The van der Waals surface area contributed by atoms with Gasteiger partial charge in [0.2, 0.25) is 0 Å². The van der Waals surface area contributed by atoms with Crippen molar-refractivity contribution in [3.8, 4) is 0 Å². The monoisotopic (exact) mass is 144 g/mol. The molecule has 11 heavy (non-hydrogen) atoms. The standard InChI is InChI=1S/C11H12/c1-7-2-5-10-8-3-4-9(6-8)11(7)10/h2-5,8-11H,1,6H2/t8-,9+,10-,11+/m1/s1. The van der Waals surface area contributed by atoms with Gasteiger partial charge in [0.1, 0.15) is 0 Å². The molecule has 3 rings (SSSR count). The second kappa shape index (κ2) is 1.69. The predicted octanol–water partition coefficient (Wildman–Crippen LogP) is 2.55. The highest BCUT2D eigenvalue weighted by molar-refractivity contribution is 5.36. The molecule has 1 saturated carbocycles. The van der Waals surface area contributed by atoms with Crippen LogP contribution in [0.25, 0.3) is 0 Å². The van der Waals surface area contributed by atoms with Crippen molar-refractivity contribution in [1.82, 2.24) is 0 Å². The van der Waals surface area contributed by atoms with Gasteiger partial charge in [0.05, 0.1) is 0 Å². The lowest BCUT2D eigenvalue weighted by Crippen LogP contribution is -2.14. The van der Waals surface area contributed by atoms with Crippen LogP contribution in [0.4, 0.5) is 0 Å². The minimum atomic E-state index is 0.782. The summed E-state index contributed by atoms with van der Waals surface area (Å²) in [6, 6.07) is 0. The van der Waals surface area contributed by atoms with E-state index in [2.05, 4.69) is 30.9 Å². The van der Waals surface area contributed by atoms with E-state index in [-0.39, 0.29) is 0 Å². The Morgan fingerprint density at radius 2 is 2.00 bits per heavy atom. The van der Waals surface area contributed by atoms with E-state index in [1.807, 2.05) is 0 Å². The molecule has 0 aromatic carbocycles. The van der Waals surface area contributed by atoms with Crippen LogP contribution in [0.2, 0.25) is 0 Å². The molecular formula is C11H12. The van der Waals surface area contributed by atoms with E-state index < -0.39 is 0 Å². The third kappa shape index (κ3) is 0.563. The van der Waals surface area contributed by atoms with E-state index in [0.717, 1.165) is 23.7 Å². The summed E-state index contributed by atoms with van der Waals surface area (Å²) in [5.41, 5.74) is 1.37. The first kappa shape index (κ1) is 5.82. The van der Waals surface area contributed by atoms with Gasteiger partial charge in [-0.25, -0.2) is 0 Å². The van der Waals surface area contributed by atoms with Gasteiger partial charge in [-0.05, 0) is 30.1 Å². The number of rotatable bonds is 0. The molecule has 0 unspecified atom stereocenters. The van der Waals surface area contributed by atoms with Crippen LogP contribution in [0.15, 0.2) is 36.5 Å². The maximum Gasteiger partial charge on any atom is -0.00361 e. The maximum absolute atomic E-state index is 4.09. The van der Waals surface area contributed by atoms with Crippen molar-refractivity contribution in [3.63, 3.8) is 0 Å². The van der Waals surface area contributed by atoms with E-state index >= 15 is 0 Å². The Balaban J connectivity index is 2.08. The van der Waals surface area contributed by atoms with Crippen LogP contribution >= 0.6 is 0 Å². The molecule has 0 heteroatoms. The molecule has 0 N–H and O–H groups in total. The van der Waals surface area contributed by atoms with Gasteiger partial charge in [-0.15, -0.1) is 0 Å². The van der Waals surface area contributed by atoms with Crippen LogP contribution in [0, 0.1) is 23.7 Å². The lowest BCUT2D eigenvalue weighted by atomic mass is 9.84. The molecular weight excluding hydrogens is 132 g/mol. The second-order valence-electron chi connectivity index (χ2n) is 3.99. The Morgan fingerprint density at radius 1 is 1.18 bits per heavy atom. The Bertz CT molecular complexity index is 270. The molecule has 0 spiro atoms. The molecule has 1 fully saturated rings. The number of hydrogen-bond donors (Lipinski definition) is 0. The van der Waals surface area contributed by atoms with E-state index in [0.29, 0.717) is 0 Å². The fourth-order valence-corrected chi connectivity index (χ4v) is 2.99. The Kier molecular flexibility index (Phi) is 0.892. The van der Waals surface area contributed by atoms with Gasteiger partial charge in [0.15, 0.2) is 0 Å². The number of hydrogen-bond acceptors (Lipinski definition) is 0. The topological polar surface area (TPSA) is 0 Å². The summed E-state index contributed by atoms with van der Waals surface area (Å²) in [7, 11) is 0. The Labute approximate surface area is 67.3 Å². The first-order valence-electron chi connectivity index (χ1n) is 4.41. The van der Waals surface area contributed by atoms with Crippen molar-refractivity contribution in [2.75, 3.05) is 0 Å². The largest absolute Gasteiger partial charge is 0.0955 e. The van der Waals surface area contributed by atoms with Crippen molar-refractivity contribution in [3.05, 3.63) is 36.5 Å². The molecule has 0 aromatic heterocycles. The van der Waals surface area contributed by atoms with Gasteiger partial charge < -0.3 is 0 Å². The van der Waals surface area contributed by atoms with E-state index in [1.54, 1.807) is 0 Å². The second-order valence-corrected chi connectivity index (χ2v) is 3.99. The fourth-order valence-electron chi connectivity index (χ4n) is 2.99. The van der Waals surface area contributed by atoms with Crippen molar-refractivity contribution in [2.45, 2.75) is 6.42 Å². The summed E-state index contributed by atoms with van der Waals surface area (Å²) in [6.45, 7) is 4.09.